The standard InChI is InChI=1S/C13H16N4O/c1-9-12(8-17(2)16-9)13(18)15-11-5-3-10(7-14)4-6-11/h3-6,8H,7,14H2,1-2H3,(H,15,18). The first-order valence-corrected chi connectivity index (χ1v) is 5.70. The van der Waals surface area contributed by atoms with Crippen molar-refractivity contribution in [2.24, 2.45) is 12.8 Å². The van der Waals surface area contributed by atoms with Gasteiger partial charge in [0.15, 0.2) is 0 Å². The van der Waals surface area contributed by atoms with E-state index in [0.29, 0.717) is 17.8 Å². The lowest BCUT2D eigenvalue weighted by Crippen LogP contribution is -2.12. The molecule has 2 aromatic rings. The molecule has 2 rings (SSSR count). The Morgan fingerprint density at radius 2 is 2.06 bits per heavy atom. The molecule has 94 valence electrons. The number of anilines is 1. The topological polar surface area (TPSA) is 72.9 Å². The van der Waals surface area contributed by atoms with E-state index in [1.165, 1.54) is 0 Å². The highest BCUT2D eigenvalue weighted by molar-refractivity contribution is 6.04. The van der Waals surface area contributed by atoms with Crippen molar-refractivity contribution in [3.63, 3.8) is 0 Å². The number of carbonyl (C=O) groups excluding carboxylic acids is 1. The molecule has 0 radical (unpaired) electrons. The minimum Gasteiger partial charge on any atom is -0.326 e. The third-order valence-corrected chi connectivity index (χ3v) is 2.71. The Morgan fingerprint density at radius 1 is 1.39 bits per heavy atom. The fourth-order valence-corrected chi connectivity index (χ4v) is 1.75. The van der Waals surface area contributed by atoms with Crippen LogP contribution in [0.2, 0.25) is 0 Å². The Morgan fingerprint density at radius 3 is 2.56 bits per heavy atom. The maximum atomic E-state index is 12.0. The van der Waals surface area contributed by atoms with Gasteiger partial charge >= 0.3 is 0 Å². The van der Waals surface area contributed by atoms with Crippen LogP contribution in [-0.2, 0) is 13.6 Å². The number of nitrogens with two attached hydrogens (primary N) is 1. The molecule has 1 heterocycles. The molecule has 0 aliphatic heterocycles. The van der Waals surface area contributed by atoms with Crippen LogP contribution in [0.25, 0.3) is 0 Å². The molecule has 5 heteroatoms. The molecule has 0 bridgehead atoms. The van der Waals surface area contributed by atoms with E-state index in [2.05, 4.69) is 10.4 Å². The highest BCUT2D eigenvalue weighted by Gasteiger charge is 2.12. The summed E-state index contributed by atoms with van der Waals surface area (Å²) in [7, 11) is 1.79. The molecule has 0 atom stereocenters. The molecule has 3 N–H and O–H groups in total. The first kappa shape index (κ1) is 12.3. The largest absolute Gasteiger partial charge is 0.326 e. The molecule has 0 unspecified atom stereocenters. The van der Waals surface area contributed by atoms with Crippen molar-refractivity contribution in [2.75, 3.05) is 5.32 Å². The summed E-state index contributed by atoms with van der Waals surface area (Å²) in [6.07, 6.45) is 1.71. The summed E-state index contributed by atoms with van der Waals surface area (Å²) in [6, 6.07) is 7.47. The number of hydrogen-bond donors (Lipinski definition) is 2. The predicted molar refractivity (Wildman–Crippen MR) is 70.2 cm³/mol. The van der Waals surface area contributed by atoms with Crippen LogP contribution in [0.3, 0.4) is 0 Å². The van der Waals surface area contributed by atoms with Crippen LogP contribution in [0.15, 0.2) is 30.5 Å². The molecule has 0 fully saturated rings. The van der Waals surface area contributed by atoms with E-state index < -0.39 is 0 Å². The quantitative estimate of drug-likeness (QED) is 0.858. The molecule has 0 saturated heterocycles. The van der Waals surface area contributed by atoms with Crippen LogP contribution in [0.1, 0.15) is 21.6 Å². The summed E-state index contributed by atoms with van der Waals surface area (Å²) >= 11 is 0. The minimum absolute atomic E-state index is 0.152. The number of nitrogens with one attached hydrogen (secondary N) is 1. The average Bonchev–Trinajstić information content (AvgIpc) is 2.69. The van der Waals surface area contributed by atoms with E-state index in [0.717, 1.165) is 11.3 Å². The van der Waals surface area contributed by atoms with Gasteiger partial charge in [0.25, 0.3) is 5.91 Å². The predicted octanol–water partition coefficient (Wildman–Crippen LogP) is 1.44. The zero-order valence-corrected chi connectivity index (χ0v) is 10.5. The molecule has 0 aliphatic rings. The SMILES string of the molecule is Cc1nn(C)cc1C(=O)Nc1ccc(CN)cc1. The molecule has 0 spiro atoms. The van der Waals surface area contributed by atoms with Crippen LogP contribution in [-0.4, -0.2) is 15.7 Å². The van der Waals surface area contributed by atoms with Crippen LogP contribution in [0.4, 0.5) is 5.69 Å². The summed E-state index contributed by atoms with van der Waals surface area (Å²) < 4.78 is 1.63. The van der Waals surface area contributed by atoms with Gasteiger partial charge in [-0.05, 0) is 24.6 Å². The second-order valence-corrected chi connectivity index (χ2v) is 4.16. The third kappa shape index (κ3) is 2.57. The number of nitrogens with zero attached hydrogens (tertiary/aromatic N) is 2. The summed E-state index contributed by atoms with van der Waals surface area (Å²) in [5.74, 6) is -0.152. The molecule has 1 amide bonds. The van der Waals surface area contributed by atoms with Crippen molar-refractivity contribution in [3.05, 3.63) is 47.3 Å². The first-order chi connectivity index (χ1) is 8.60. The Kier molecular flexibility index (Phi) is 3.43. The summed E-state index contributed by atoms with van der Waals surface area (Å²) in [4.78, 5) is 12.0. The van der Waals surface area contributed by atoms with Crippen LogP contribution in [0, 0.1) is 6.92 Å². The normalized spacial score (nSPS) is 10.4. The highest BCUT2D eigenvalue weighted by Crippen LogP contribution is 2.12. The van der Waals surface area contributed by atoms with Gasteiger partial charge < -0.3 is 11.1 Å². The van der Waals surface area contributed by atoms with Gasteiger partial charge in [-0.3, -0.25) is 9.48 Å². The number of carbonyl (C=O) groups is 1. The van der Waals surface area contributed by atoms with Crippen molar-refractivity contribution in [3.8, 4) is 0 Å². The minimum atomic E-state index is -0.152. The van der Waals surface area contributed by atoms with Gasteiger partial charge in [0.05, 0.1) is 11.3 Å². The van der Waals surface area contributed by atoms with Gasteiger partial charge in [-0.1, -0.05) is 12.1 Å². The first-order valence-electron chi connectivity index (χ1n) is 5.70. The molecule has 1 aromatic carbocycles. The maximum Gasteiger partial charge on any atom is 0.259 e. The third-order valence-electron chi connectivity index (χ3n) is 2.71. The molecule has 0 aliphatic carbocycles. The molecule has 5 nitrogen and oxygen atoms in total. The highest BCUT2D eigenvalue weighted by atomic mass is 16.1. The van der Waals surface area contributed by atoms with Gasteiger partial charge in [-0.25, -0.2) is 0 Å². The fraction of sp³-hybridized carbons (Fsp3) is 0.231. The lowest BCUT2D eigenvalue weighted by Gasteiger charge is -2.05. The summed E-state index contributed by atoms with van der Waals surface area (Å²) in [6.45, 7) is 2.31. The maximum absolute atomic E-state index is 12.0. The van der Waals surface area contributed by atoms with Crippen molar-refractivity contribution < 1.29 is 4.79 Å². The zero-order valence-electron chi connectivity index (χ0n) is 10.5. The van der Waals surface area contributed by atoms with Crippen molar-refractivity contribution in [1.29, 1.82) is 0 Å². The van der Waals surface area contributed by atoms with Gasteiger partial charge in [0.1, 0.15) is 0 Å². The fourth-order valence-electron chi connectivity index (χ4n) is 1.75. The van der Waals surface area contributed by atoms with Gasteiger partial charge in [0, 0.05) is 25.5 Å². The Bertz CT molecular complexity index is 557. The zero-order chi connectivity index (χ0) is 13.1. The van der Waals surface area contributed by atoms with Crippen molar-refractivity contribution in [1.82, 2.24) is 9.78 Å². The molecular formula is C13H16N4O. The molecular weight excluding hydrogens is 228 g/mol. The van der Waals surface area contributed by atoms with Crippen LogP contribution < -0.4 is 11.1 Å². The lowest BCUT2D eigenvalue weighted by molar-refractivity contribution is 0.102. The Labute approximate surface area is 106 Å². The number of benzene rings is 1. The number of amides is 1. The van der Waals surface area contributed by atoms with Crippen LogP contribution >= 0.6 is 0 Å². The summed E-state index contributed by atoms with van der Waals surface area (Å²) in [5.41, 5.74) is 8.60. The van der Waals surface area contributed by atoms with E-state index in [1.54, 1.807) is 17.9 Å². The van der Waals surface area contributed by atoms with Crippen LogP contribution in [0.5, 0.6) is 0 Å². The number of hydrogen-bond acceptors (Lipinski definition) is 3. The monoisotopic (exact) mass is 244 g/mol. The number of aromatic nitrogens is 2. The number of aryl methyl sites for hydroxylation is 2. The van der Waals surface area contributed by atoms with Gasteiger partial charge in [-0.15, -0.1) is 0 Å². The lowest BCUT2D eigenvalue weighted by atomic mass is 10.2. The number of rotatable bonds is 3. The molecule has 18 heavy (non-hydrogen) atoms. The van der Waals surface area contributed by atoms with Crippen molar-refractivity contribution >= 4 is 11.6 Å². The Hall–Kier alpha value is -2.14. The van der Waals surface area contributed by atoms with E-state index in [-0.39, 0.29) is 5.91 Å². The van der Waals surface area contributed by atoms with Gasteiger partial charge in [-0.2, -0.15) is 5.10 Å². The van der Waals surface area contributed by atoms with E-state index in [9.17, 15) is 4.79 Å². The van der Waals surface area contributed by atoms with Crippen molar-refractivity contribution in [2.45, 2.75) is 13.5 Å². The second kappa shape index (κ2) is 5.01. The van der Waals surface area contributed by atoms with Gasteiger partial charge in [0.2, 0.25) is 0 Å². The second-order valence-electron chi connectivity index (χ2n) is 4.16. The molecule has 1 aromatic heterocycles. The van der Waals surface area contributed by atoms with E-state index in [1.807, 2.05) is 31.2 Å². The Balaban J connectivity index is 2.13. The van der Waals surface area contributed by atoms with E-state index >= 15 is 0 Å². The van der Waals surface area contributed by atoms with E-state index in [4.69, 9.17) is 5.73 Å². The smallest absolute Gasteiger partial charge is 0.259 e. The average molecular weight is 244 g/mol. The molecule has 0 saturated carbocycles. The summed E-state index contributed by atoms with van der Waals surface area (Å²) in [5, 5.41) is 6.97.